The largest absolute Gasteiger partial charge is 0.493 e. The highest BCUT2D eigenvalue weighted by atomic mass is 19.3. The number of nitrogens with zero attached hydrogens (tertiary/aromatic N) is 2. The molecule has 146 valence electrons. The summed E-state index contributed by atoms with van der Waals surface area (Å²) in [7, 11) is 2.94. The molecule has 6 nitrogen and oxygen atoms in total. The van der Waals surface area contributed by atoms with Crippen LogP contribution in [0, 0.1) is 0 Å². The van der Waals surface area contributed by atoms with Gasteiger partial charge in [-0.1, -0.05) is 41.6 Å². The molecule has 0 N–H and O–H groups in total. The van der Waals surface area contributed by atoms with Crippen molar-refractivity contribution < 1.29 is 27.6 Å². The molecule has 0 saturated heterocycles. The second kappa shape index (κ2) is 8.51. The minimum Gasteiger partial charge on any atom is -0.493 e. The normalized spacial score (nSPS) is 10.8. The highest BCUT2D eigenvalue weighted by Gasteiger charge is 2.19. The van der Waals surface area contributed by atoms with Crippen LogP contribution in [0.5, 0.6) is 11.5 Å². The summed E-state index contributed by atoms with van der Waals surface area (Å²) in [5.41, 5.74) is 1.55. The van der Waals surface area contributed by atoms with E-state index < -0.39 is 6.61 Å². The van der Waals surface area contributed by atoms with Gasteiger partial charge in [0.05, 0.1) is 7.11 Å². The lowest BCUT2D eigenvalue weighted by Gasteiger charge is -2.17. The minimum absolute atomic E-state index is 0.0938. The first-order valence-electron chi connectivity index (χ1n) is 8.37. The van der Waals surface area contributed by atoms with Crippen molar-refractivity contribution in [3.8, 4) is 22.8 Å². The summed E-state index contributed by atoms with van der Waals surface area (Å²) in [6, 6.07) is 15.4. The van der Waals surface area contributed by atoms with Gasteiger partial charge in [-0.25, -0.2) is 0 Å². The summed E-state index contributed by atoms with van der Waals surface area (Å²) in [6.45, 7) is -2.81. The molecule has 0 aliphatic carbocycles. The fourth-order valence-electron chi connectivity index (χ4n) is 2.66. The lowest BCUT2D eigenvalue weighted by Crippen LogP contribution is -2.26. The van der Waals surface area contributed by atoms with Crippen LogP contribution in [-0.4, -0.2) is 36.7 Å². The number of aromatic nitrogens is 1. The number of carbonyl (C=O) groups excluding carboxylic acids is 1. The molecule has 3 rings (SSSR count). The zero-order chi connectivity index (χ0) is 20.1. The average molecular weight is 388 g/mol. The molecule has 0 unspecified atom stereocenters. The zero-order valence-electron chi connectivity index (χ0n) is 15.3. The Balaban J connectivity index is 1.73. The van der Waals surface area contributed by atoms with Crippen molar-refractivity contribution in [3.05, 3.63) is 65.9 Å². The maximum absolute atomic E-state index is 12.6. The molecule has 0 saturated carbocycles. The summed E-state index contributed by atoms with van der Waals surface area (Å²) in [5, 5.41) is 3.83. The number of ether oxygens (including phenoxy) is 2. The first kappa shape index (κ1) is 19.3. The number of hydrogen-bond donors (Lipinski definition) is 0. The number of amides is 1. The second-order valence-electron chi connectivity index (χ2n) is 5.97. The maximum Gasteiger partial charge on any atom is 0.387 e. The van der Waals surface area contributed by atoms with E-state index in [9.17, 15) is 13.6 Å². The standard InChI is InChI=1S/C20H18F2N2O4/c1-24(12-13-8-9-16(26-2)18(10-13)27-20(21)22)19(25)15-11-17(28-23-15)14-6-4-3-5-7-14/h3-11,20H,12H2,1-2H3. The predicted molar refractivity (Wildman–Crippen MR) is 97.4 cm³/mol. The van der Waals surface area contributed by atoms with Gasteiger partial charge in [0.2, 0.25) is 0 Å². The van der Waals surface area contributed by atoms with Crippen LogP contribution in [-0.2, 0) is 6.54 Å². The van der Waals surface area contributed by atoms with Crippen LogP contribution in [0.4, 0.5) is 8.78 Å². The molecule has 2 aromatic carbocycles. The highest BCUT2D eigenvalue weighted by molar-refractivity contribution is 5.92. The third kappa shape index (κ3) is 4.46. The van der Waals surface area contributed by atoms with Crippen molar-refractivity contribution in [2.75, 3.05) is 14.2 Å². The van der Waals surface area contributed by atoms with E-state index in [1.165, 1.54) is 24.1 Å². The van der Waals surface area contributed by atoms with Crippen LogP contribution in [0.3, 0.4) is 0 Å². The molecule has 1 amide bonds. The van der Waals surface area contributed by atoms with E-state index >= 15 is 0 Å². The molecule has 28 heavy (non-hydrogen) atoms. The molecule has 0 aliphatic heterocycles. The van der Waals surface area contributed by atoms with Gasteiger partial charge < -0.3 is 18.9 Å². The Hall–Kier alpha value is -3.42. The molecular weight excluding hydrogens is 370 g/mol. The Morgan fingerprint density at radius 3 is 2.57 bits per heavy atom. The third-order valence-electron chi connectivity index (χ3n) is 4.00. The second-order valence-corrected chi connectivity index (χ2v) is 5.97. The van der Waals surface area contributed by atoms with Gasteiger partial charge in [0.15, 0.2) is 23.0 Å². The van der Waals surface area contributed by atoms with Crippen molar-refractivity contribution in [1.29, 1.82) is 0 Å². The summed E-state index contributed by atoms with van der Waals surface area (Å²) >= 11 is 0. The number of carbonyl (C=O) groups is 1. The van der Waals surface area contributed by atoms with Crippen LogP contribution in [0.2, 0.25) is 0 Å². The van der Waals surface area contributed by atoms with Gasteiger partial charge in [0, 0.05) is 25.2 Å². The van der Waals surface area contributed by atoms with Gasteiger partial charge >= 0.3 is 6.61 Å². The topological polar surface area (TPSA) is 64.8 Å². The van der Waals surface area contributed by atoms with Crippen molar-refractivity contribution in [2.45, 2.75) is 13.2 Å². The number of alkyl halides is 2. The Bertz CT molecular complexity index is 944. The van der Waals surface area contributed by atoms with Crippen molar-refractivity contribution in [2.24, 2.45) is 0 Å². The zero-order valence-corrected chi connectivity index (χ0v) is 15.3. The summed E-state index contributed by atoms with van der Waals surface area (Å²) in [4.78, 5) is 14.0. The van der Waals surface area contributed by atoms with E-state index in [1.54, 1.807) is 19.2 Å². The maximum atomic E-state index is 12.6. The van der Waals surface area contributed by atoms with Crippen LogP contribution >= 0.6 is 0 Å². The van der Waals surface area contributed by atoms with Gasteiger partial charge in [-0.05, 0) is 17.7 Å². The Labute approximate surface area is 160 Å². The van der Waals surface area contributed by atoms with Gasteiger partial charge in [0.25, 0.3) is 5.91 Å². The number of rotatable bonds is 7. The Morgan fingerprint density at radius 1 is 1.14 bits per heavy atom. The van der Waals surface area contributed by atoms with Crippen LogP contribution in [0.1, 0.15) is 16.1 Å². The van der Waals surface area contributed by atoms with Crippen molar-refractivity contribution in [1.82, 2.24) is 10.1 Å². The smallest absolute Gasteiger partial charge is 0.387 e. The number of methoxy groups -OCH3 is 1. The molecule has 1 heterocycles. The van der Waals surface area contributed by atoms with Gasteiger partial charge in [-0.15, -0.1) is 0 Å². The van der Waals surface area contributed by atoms with Gasteiger partial charge in [-0.3, -0.25) is 4.79 Å². The van der Waals surface area contributed by atoms with Crippen LogP contribution in [0.15, 0.2) is 59.1 Å². The molecule has 0 bridgehead atoms. The van der Waals surface area contributed by atoms with Crippen molar-refractivity contribution in [3.63, 3.8) is 0 Å². The van der Waals surface area contributed by atoms with E-state index in [0.717, 1.165) is 5.56 Å². The first-order chi connectivity index (χ1) is 13.5. The Morgan fingerprint density at radius 2 is 1.89 bits per heavy atom. The van der Waals surface area contributed by atoms with E-state index in [1.807, 2.05) is 30.3 Å². The highest BCUT2D eigenvalue weighted by Crippen LogP contribution is 2.30. The molecule has 0 spiro atoms. The minimum atomic E-state index is -2.98. The van der Waals surface area contributed by atoms with E-state index in [0.29, 0.717) is 11.3 Å². The monoisotopic (exact) mass is 388 g/mol. The van der Waals surface area contributed by atoms with Crippen LogP contribution < -0.4 is 9.47 Å². The summed E-state index contributed by atoms with van der Waals surface area (Å²) in [5.74, 6) is 0.207. The van der Waals surface area contributed by atoms with Gasteiger partial charge in [0.1, 0.15) is 0 Å². The number of hydrogen-bond acceptors (Lipinski definition) is 5. The number of halogens is 2. The van der Waals surface area contributed by atoms with E-state index in [-0.39, 0.29) is 29.6 Å². The Kier molecular flexibility index (Phi) is 5.88. The van der Waals surface area contributed by atoms with Crippen LogP contribution in [0.25, 0.3) is 11.3 Å². The van der Waals surface area contributed by atoms with E-state index in [4.69, 9.17) is 9.26 Å². The lowest BCUT2D eigenvalue weighted by atomic mass is 10.1. The average Bonchev–Trinajstić information content (AvgIpc) is 3.18. The fourth-order valence-corrected chi connectivity index (χ4v) is 2.66. The summed E-state index contributed by atoms with van der Waals surface area (Å²) in [6.07, 6.45) is 0. The van der Waals surface area contributed by atoms with E-state index in [2.05, 4.69) is 9.89 Å². The fraction of sp³-hybridized carbons (Fsp3) is 0.200. The molecule has 8 heteroatoms. The predicted octanol–water partition coefficient (Wildman–Crippen LogP) is 4.22. The molecule has 0 fully saturated rings. The molecule has 3 aromatic rings. The quantitative estimate of drug-likeness (QED) is 0.606. The first-order valence-corrected chi connectivity index (χ1v) is 8.37. The molecule has 0 aliphatic rings. The van der Waals surface area contributed by atoms with Crippen molar-refractivity contribution >= 4 is 5.91 Å². The lowest BCUT2D eigenvalue weighted by molar-refractivity contribution is -0.0512. The summed E-state index contributed by atoms with van der Waals surface area (Å²) < 4.78 is 39.8. The molecular formula is C20H18F2N2O4. The SMILES string of the molecule is COc1ccc(CN(C)C(=O)c2cc(-c3ccccc3)on2)cc1OC(F)F. The number of benzene rings is 2. The van der Waals surface area contributed by atoms with Gasteiger partial charge in [-0.2, -0.15) is 8.78 Å². The third-order valence-corrected chi connectivity index (χ3v) is 4.00. The molecule has 1 aromatic heterocycles. The molecule has 0 atom stereocenters. The molecule has 0 radical (unpaired) electrons.